The first kappa shape index (κ1) is 11.2. The summed E-state index contributed by atoms with van der Waals surface area (Å²) in [6.07, 6.45) is 0. The van der Waals surface area contributed by atoms with Gasteiger partial charge in [0, 0.05) is 5.39 Å². The summed E-state index contributed by atoms with van der Waals surface area (Å²) in [4.78, 5) is 15.1. The number of fused-ring (bicyclic) bond motifs is 1. The summed E-state index contributed by atoms with van der Waals surface area (Å²) < 4.78 is 0. The molecule has 0 atom stereocenters. The summed E-state index contributed by atoms with van der Waals surface area (Å²) in [6.45, 7) is 1.64. The summed E-state index contributed by atoms with van der Waals surface area (Å²) >= 11 is 11.7. The first-order valence-electron chi connectivity index (χ1n) is 4.48. The average Bonchev–Trinajstić information content (AvgIpc) is 2.19. The number of aromatic nitrogens is 1. The van der Waals surface area contributed by atoms with Crippen LogP contribution >= 0.6 is 23.2 Å². The average molecular weight is 256 g/mol. The van der Waals surface area contributed by atoms with Gasteiger partial charge in [-0.2, -0.15) is 0 Å². The molecule has 1 aromatic carbocycles. The maximum atomic E-state index is 10.9. The number of carboxylic acid groups (broad SMARTS) is 1. The van der Waals surface area contributed by atoms with Crippen molar-refractivity contribution in [3.8, 4) is 0 Å². The fourth-order valence-corrected chi connectivity index (χ4v) is 1.81. The van der Waals surface area contributed by atoms with E-state index < -0.39 is 5.97 Å². The Kier molecular flexibility index (Phi) is 2.74. The highest BCUT2D eigenvalue weighted by molar-refractivity contribution is 6.42. The molecule has 1 aromatic heterocycles. The van der Waals surface area contributed by atoms with Crippen LogP contribution in [0, 0.1) is 6.92 Å². The van der Waals surface area contributed by atoms with Crippen molar-refractivity contribution in [2.24, 2.45) is 0 Å². The molecule has 0 aliphatic heterocycles. The summed E-state index contributed by atoms with van der Waals surface area (Å²) in [5.41, 5.74) is 1.26. The molecule has 0 radical (unpaired) electrons. The van der Waals surface area contributed by atoms with Gasteiger partial charge in [-0.3, -0.25) is 4.98 Å². The van der Waals surface area contributed by atoms with Crippen molar-refractivity contribution in [1.82, 2.24) is 4.98 Å². The Morgan fingerprint density at radius 3 is 2.50 bits per heavy atom. The highest BCUT2D eigenvalue weighted by Gasteiger charge is 2.11. The number of hydrogen-bond acceptors (Lipinski definition) is 2. The van der Waals surface area contributed by atoms with Gasteiger partial charge >= 0.3 is 5.97 Å². The molecule has 1 N–H and O–H groups in total. The van der Waals surface area contributed by atoms with E-state index in [1.54, 1.807) is 25.1 Å². The van der Waals surface area contributed by atoms with Gasteiger partial charge < -0.3 is 5.11 Å². The van der Waals surface area contributed by atoms with Crippen LogP contribution in [0.5, 0.6) is 0 Å². The lowest BCUT2D eigenvalue weighted by Gasteiger charge is -2.05. The van der Waals surface area contributed by atoms with Gasteiger partial charge in [-0.15, -0.1) is 0 Å². The maximum absolute atomic E-state index is 10.9. The first-order chi connectivity index (χ1) is 7.49. The largest absolute Gasteiger partial charge is 0.478 e. The highest BCUT2D eigenvalue weighted by Crippen LogP contribution is 2.28. The fourth-order valence-electron chi connectivity index (χ4n) is 1.48. The van der Waals surface area contributed by atoms with Crippen molar-refractivity contribution in [3.05, 3.63) is 39.5 Å². The van der Waals surface area contributed by atoms with Gasteiger partial charge in [0.15, 0.2) is 0 Å². The molecule has 2 aromatic rings. The minimum absolute atomic E-state index is 0.172. The van der Waals surface area contributed by atoms with Crippen LogP contribution < -0.4 is 0 Å². The Labute approximate surface area is 102 Å². The van der Waals surface area contributed by atoms with E-state index in [4.69, 9.17) is 28.3 Å². The van der Waals surface area contributed by atoms with Crippen LogP contribution in [0.1, 0.15) is 16.1 Å². The van der Waals surface area contributed by atoms with Gasteiger partial charge in [0.2, 0.25) is 0 Å². The minimum Gasteiger partial charge on any atom is -0.478 e. The van der Waals surface area contributed by atoms with Crippen LogP contribution in [0.3, 0.4) is 0 Å². The Morgan fingerprint density at radius 1 is 1.25 bits per heavy atom. The van der Waals surface area contributed by atoms with Crippen LogP contribution in [-0.4, -0.2) is 16.1 Å². The second-order valence-electron chi connectivity index (χ2n) is 3.39. The third-order valence-electron chi connectivity index (χ3n) is 2.28. The molecule has 2 rings (SSSR count). The van der Waals surface area contributed by atoms with Crippen molar-refractivity contribution in [2.75, 3.05) is 0 Å². The molecule has 0 unspecified atom stereocenters. The van der Waals surface area contributed by atoms with Crippen LogP contribution in [0.15, 0.2) is 18.2 Å². The SMILES string of the molecule is Cc1nc2cc(Cl)c(Cl)cc2cc1C(=O)O. The zero-order valence-electron chi connectivity index (χ0n) is 8.29. The minimum atomic E-state index is -1.00. The molecule has 82 valence electrons. The quantitative estimate of drug-likeness (QED) is 0.848. The van der Waals surface area contributed by atoms with Gasteiger partial charge in [-0.1, -0.05) is 23.2 Å². The van der Waals surface area contributed by atoms with Gasteiger partial charge in [0.25, 0.3) is 0 Å². The lowest BCUT2D eigenvalue weighted by atomic mass is 10.1. The van der Waals surface area contributed by atoms with E-state index in [1.165, 1.54) is 0 Å². The van der Waals surface area contributed by atoms with E-state index in [9.17, 15) is 4.79 Å². The molecule has 0 saturated heterocycles. The van der Waals surface area contributed by atoms with Gasteiger partial charge in [0.05, 0.1) is 26.8 Å². The molecule has 0 aliphatic rings. The van der Waals surface area contributed by atoms with Gasteiger partial charge in [-0.25, -0.2) is 4.79 Å². The summed E-state index contributed by atoms with van der Waals surface area (Å²) in [6, 6.07) is 4.78. The molecular weight excluding hydrogens is 249 g/mol. The summed E-state index contributed by atoms with van der Waals surface area (Å²) in [7, 11) is 0. The lowest BCUT2D eigenvalue weighted by molar-refractivity contribution is 0.0696. The lowest BCUT2D eigenvalue weighted by Crippen LogP contribution is -2.01. The third kappa shape index (κ3) is 1.84. The molecule has 0 spiro atoms. The Hall–Kier alpha value is -1.32. The number of benzene rings is 1. The number of carbonyl (C=O) groups is 1. The number of carboxylic acids is 1. The van der Waals surface area contributed by atoms with Crippen molar-refractivity contribution >= 4 is 40.1 Å². The predicted molar refractivity (Wildman–Crippen MR) is 63.5 cm³/mol. The van der Waals surface area contributed by atoms with E-state index in [0.29, 0.717) is 26.6 Å². The van der Waals surface area contributed by atoms with Crippen LogP contribution in [-0.2, 0) is 0 Å². The van der Waals surface area contributed by atoms with E-state index in [1.807, 2.05) is 0 Å². The number of pyridine rings is 1. The van der Waals surface area contributed by atoms with Crippen molar-refractivity contribution in [2.45, 2.75) is 6.92 Å². The second-order valence-corrected chi connectivity index (χ2v) is 4.20. The second kappa shape index (κ2) is 3.92. The number of aryl methyl sites for hydroxylation is 1. The molecule has 0 aliphatic carbocycles. The third-order valence-corrected chi connectivity index (χ3v) is 3.00. The van der Waals surface area contributed by atoms with Gasteiger partial charge in [-0.05, 0) is 25.1 Å². The summed E-state index contributed by atoms with van der Waals surface area (Å²) in [5, 5.41) is 10.4. The van der Waals surface area contributed by atoms with Crippen LogP contribution in [0.25, 0.3) is 10.9 Å². The maximum Gasteiger partial charge on any atom is 0.337 e. The normalized spacial score (nSPS) is 10.7. The number of hydrogen-bond donors (Lipinski definition) is 1. The smallest absolute Gasteiger partial charge is 0.337 e. The number of rotatable bonds is 1. The Bertz CT molecular complexity index is 596. The molecule has 5 heteroatoms. The molecule has 1 heterocycles. The van der Waals surface area contributed by atoms with E-state index in [2.05, 4.69) is 4.98 Å². The van der Waals surface area contributed by atoms with Crippen molar-refractivity contribution in [1.29, 1.82) is 0 Å². The topological polar surface area (TPSA) is 50.2 Å². The molecule has 16 heavy (non-hydrogen) atoms. The molecule has 0 saturated carbocycles. The van der Waals surface area contributed by atoms with Gasteiger partial charge in [0.1, 0.15) is 0 Å². The highest BCUT2D eigenvalue weighted by atomic mass is 35.5. The molecular formula is C11H7Cl2NO2. The standard InChI is InChI=1S/C11H7Cl2NO2/c1-5-7(11(15)16)2-6-3-8(12)9(13)4-10(6)14-5/h2-4H,1H3,(H,15,16). The zero-order chi connectivity index (χ0) is 11.9. The predicted octanol–water partition coefficient (Wildman–Crippen LogP) is 3.55. The number of nitrogens with zero attached hydrogens (tertiary/aromatic N) is 1. The number of halogens is 2. The van der Waals surface area contributed by atoms with Crippen LogP contribution in [0.4, 0.5) is 0 Å². The van der Waals surface area contributed by atoms with Crippen molar-refractivity contribution < 1.29 is 9.90 Å². The first-order valence-corrected chi connectivity index (χ1v) is 5.24. The van der Waals surface area contributed by atoms with Crippen molar-refractivity contribution in [3.63, 3.8) is 0 Å². The molecule has 0 fully saturated rings. The number of aromatic carboxylic acids is 1. The molecule has 0 bridgehead atoms. The van der Waals surface area contributed by atoms with Crippen LogP contribution in [0.2, 0.25) is 10.0 Å². The summed E-state index contributed by atoms with van der Waals surface area (Å²) in [5.74, 6) is -1.00. The molecule has 0 amide bonds. The zero-order valence-corrected chi connectivity index (χ0v) is 9.80. The van der Waals surface area contributed by atoms with E-state index in [0.717, 1.165) is 0 Å². The molecule has 3 nitrogen and oxygen atoms in total. The monoisotopic (exact) mass is 255 g/mol. The fraction of sp³-hybridized carbons (Fsp3) is 0.0909. The van der Waals surface area contributed by atoms with E-state index in [-0.39, 0.29) is 5.56 Å². The Balaban J connectivity index is 2.79. The van der Waals surface area contributed by atoms with E-state index >= 15 is 0 Å². The Morgan fingerprint density at radius 2 is 1.88 bits per heavy atom.